The van der Waals surface area contributed by atoms with E-state index in [0.29, 0.717) is 17.0 Å². The number of nitrogens with zero attached hydrogens (tertiary/aromatic N) is 1. The van der Waals surface area contributed by atoms with Gasteiger partial charge in [-0.25, -0.2) is 8.42 Å². The summed E-state index contributed by atoms with van der Waals surface area (Å²) in [4.78, 5) is 2.77. The molecule has 0 aliphatic carbocycles. The Kier molecular flexibility index (Phi) is 3.73. The zero-order valence-electron chi connectivity index (χ0n) is 11.9. The van der Waals surface area contributed by atoms with Crippen LogP contribution in [0.3, 0.4) is 0 Å². The Balaban J connectivity index is 1.95. The SMILES string of the molecule is CS(=O)(=O)c1ccccc1N1CCCC1C1CCCN1. The quantitative estimate of drug-likeness (QED) is 0.924. The first-order valence-corrected chi connectivity index (χ1v) is 9.25. The van der Waals surface area contributed by atoms with Gasteiger partial charge in [-0.15, -0.1) is 0 Å². The molecule has 1 N–H and O–H groups in total. The molecular formula is C15H22N2O2S. The highest BCUT2D eigenvalue weighted by Crippen LogP contribution is 2.34. The third kappa shape index (κ3) is 2.56. The van der Waals surface area contributed by atoms with E-state index >= 15 is 0 Å². The maximum atomic E-state index is 12.0. The van der Waals surface area contributed by atoms with Crippen molar-refractivity contribution in [2.45, 2.75) is 42.7 Å². The number of sulfone groups is 1. The molecular weight excluding hydrogens is 272 g/mol. The second-order valence-corrected chi connectivity index (χ2v) is 7.83. The summed E-state index contributed by atoms with van der Waals surface area (Å²) in [7, 11) is -3.18. The largest absolute Gasteiger partial charge is 0.366 e. The van der Waals surface area contributed by atoms with E-state index in [1.54, 1.807) is 12.1 Å². The lowest BCUT2D eigenvalue weighted by atomic mass is 10.0. The molecule has 2 saturated heterocycles. The predicted molar refractivity (Wildman–Crippen MR) is 80.9 cm³/mol. The van der Waals surface area contributed by atoms with Crippen molar-refractivity contribution in [1.29, 1.82) is 0 Å². The minimum atomic E-state index is -3.18. The Hall–Kier alpha value is -1.07. The minimum Gasteiger partial charge on any atom is -0.366 e. The van der Waals surface area contributed by atoms with E-state index in [-0.39, 0.29) is 0 Å². The van der Waals surface area contributed by atoms with Crippen LogP contribution in [0.4, 0.5) is 5.69 Å². The van der Waals surface area contributed by atoms with Crippen molar-refractivity contribution in [3.05, 3.63) is 24.3 Å². The van der Waals surface area contributed by atoms with Crippen LogP contribution in [0.1, 0.15) is 25.7 Å². The molecule has 3 rings (SSSR count). The fourth-order valence-corrected chi connectivity index (χ4v) is 4.45. The van der Waals surface area contributed by atoms with Gasteiger partial charge >= 0.3 is 0 Å². The Bertz CT molecular complexity index is 579. The Morgan fingerprint density at radius 2 is 2.00 bits per heavy atom. The number of benzene rings is 1. The van der Waals surface area contributed by atoms with E-state index < -0.39 is 9.84 Å². The number of nitrogens with one attached hydrogen (secondary N) is 1. The standard InChI is InChI=1S/C15H22N2O2S/c1-20(18,19)15-9-3-2-7-14(15)17-11-5-8-13(17)12-6-4-10-16-12/h2-3,7,9,12-13,16H,4-6,8,10-11H2,1H3. The zero-order valence-corrected chi connectivity index (χ0v) is 12.7. The topological polar surface area (TPSA) is 49.4 Å². The number of hydrogen-bond acceptors (Lipinski definition) is 4. The molecule has 2 unspecified atom stereocenters. The number of hydrogen-bond donors (Lipinski definition) is 1. The second-order valence-electron chi connectivity index (χ2n) is 5.85. The second kappa shape index (κ2) is 5.37. The Morgan fingerprint density at radius 1 is 1.20 bits per heavy atom. The van der Waals surface area contributed by atoms with Crippen molar-refractivity contribution in [3.8, 4) is 0 Å². The summed E-state index contributed by atoms with van der Waals surface area (Å²) in [5.74, 6) is 0. The summed E-state index contributed by atoms with van der Waals surface area (Å²) in [6, 6.07) is 8.34. The van der Waals surface area contributed by atoms with Gasteiger partial charge in [0.1, 0.15) is 0 Å². The van der Waals surface area contributed by atoms with Gasteiger partial charge in [-0.05, 0) is 44.4 Å². The van der Waals surface area contributed by atoms with Crippen LogP contribution >= 0.6 is 0 Å². The molecule has 1 aromatic rings. The van der Waals surface area contributed by atoms with Gasteiger partial charge in [0.05, 0.1) is 10.6 Å². The molecule has 2 aliphatic rings. The minimum absolute atomic E-state index is 0.431. The summed E-state index contributed by atoms with van der Waals surface area (Å²) >= 11 is 0. The van der Waals surface area contributed by atoms with E-state index in [9.17, 15) is 8.42 Å². The van der Waals surface area contributed by atoms with Crippen LogP contribution in [0.2, 0.25) is 0 Å². The molecule has 0 amide bonds. The van der Waals surface area contributed by atoms with Crippen LogP contribution in [0, 0.1) is 0 Å². The van der Waals surface area contributed by atoms with E-state index in [2.05, 4.69) is 10.2 Å². The monoisotopic (exact) mass is 294 g/mol. The molecule has 0 radical (unpaired) electrons. The van der Waals surface area contributed by atoms with Crippen molar-refractivity contribution in [2.24, 2.45) is 0 Å². The first-order valence-electron chi connectivity index (χ1n) is 7.36. The molecule has 0 aromatic heterocycles. The molecule has 2 atom stereocenters. The van der Waals surface area contributed by atoms with Gasteiger partial charge in [0.2, 0.25) is 0 Å². The first-order chi connectivity index (χ1) is 9.57. The summed E-state index contributed by atoms with van der Waals surface area (Å²) in [6.07, 6.45) is 6.01. The maximum absolute atomic E-state index is 12.0. The Morgan fingerprint density at radius 3 is 2.70 bits per heavy atom. The molecule has 5 heteroatoms. The molecule has 0 bridgehead atoms. The van der Waals surface area contributed by atoms with Crippen molar-refractivity contribution < 1.29 is 8.42 Å². The molecule has 0 saturated carbocycles. The van der Waals surface area contributed by atoms with E-state index in [1.807, 2.05) is 12.1 Å². The van der Waals surface area contributed by atoms with Gasteiger partial charge in [0.25, 0.3) is 0 Å². The molecule has 2 heterocycles. The van der Waals surface area contributed by atoms with E-state index in [1.165, 1.54) is 19.1 Å². The van der Waals surface area contributed by atoms with Crippen molar-refractivity contribution >= 4 is 15.5 Å². The lowest BCUT2D eigenvalue weighted by molar-refractivity contribution is 0.481. The number of anilines is 1. The summed E-state index contributed by atoms with van der Waals surface area (Å²) in [5.41, 5.74) is 0.881. The molecule has 1 aromatic carbocycles. The third-order valence-corrected chi connectivity index (χ3v) is 5.58. The smallest absolute Gasteiger partial charge is 0.177 e. The van der Waals surface area contributed by atoms with E-state index in [0.717, 1.165) is 31.6 Å². The van der Waals surface area contributed by atoms with Gasteiger partial charge in [0, 0.05) is 24.9 Å². The van der Waals surface area contributed by atoms with Gasteiger partial charge in [-0.1, -0.05) is 12.1 Å². The van der Waals surface area contributed by atoms with Gasteiger partial charge in [-0.2, -0.15) is 0 Å². The average Bonchev–Trinajstić information content (AvgIpc) is 3.08. The maximum Gasteiger partial charge on any atom is 0.177 e. The van der Waals surface area contributed by atoms with E-state index in [4.69, 9.17) is 0 Å². The molecule has 4 nitrogen and oxygen atoms in total. The molecule has 0 spiro atoms. The van der Waals surface area contributed by atoms with Gasteiger partial charge in [0.15, 0.2) is 9.84 Å². The highest BCUT2D eigenvalue weighted by atomic mass is 32.2. The van der Waals surface area contributed by atoms with Crippen LogP contribution in [0.25, 0.3) is 0 Å². The Labute approximate surface area is 121 Å². The lowest BCUT2D eigenvalue weighted by Crippen LogP contribution is -2.44. The summed E-state index contributed by atoms with van der Waals surface area (Å²) in [5, 5.41) is 3.57. The highest BCUT2D eigenvalue weighted by molar-refractivity contribution is 7.90. The fraction of sp³-hybridized carbons (Fsp3) is 0.600. The van der Waals surface area contributed by atoms with Crippen molar-refractivity contribution in [2.75, 3.05) is 24.2 Å². The predicted octanol–water partition coefficient (Wildman–Crippen LogP) is 1.81. The highest BCUT2D eigenvalue weighted by Gasteiger charge is 2.34. The molecule has 2 fully saturated rings. The van der Waals surface area contributed by atoms with Crippen LogP contribution in [0.15, 0.2) is 29.2 Å². The van der Waals surface area contributed by atoms with Crippen molar-refractivity contribution in [1.82, 2.24) is 5.32 Å². The fourth-order valence-electron chi connectivity index (χ4n) is 3.56. The summed E-state index contributed by atoms with van der Waals surface area (Å²) < 4.78 is 24.0. The van der Waals surface area contributed by atoms with Crippen LogP contribution in [-0.4, -0.2) is 39.8 Å². The van der Waals surface area contributed by atoms with Gasteiger partial charge in [-0.3, -0.25) is 0 Å². The third-order valence-electron chi connectivity index (χ3n) is 4.44. The molecule has 110 valence electrons. The zero-order chi connectivity index (χ0) is 14.2. The van der Waals surface area contributed by atoms with Crippen LogP contribution in [0.5, 0.6) is 0 Å². The summed E-state index contributed by atoms with van der Waals surface area (Å²) in [6.45, 7) is 2.04. The first kappa shape index (κ1) is 13.9. The molecule has 20 heavy (non-hydrogen) atoms. The van der Waals surface area contributed by atoms with Crippen LogP contribution in [-0.2, 0) is 9.84 Å². The average molecular weight is 294 g/mol. The van der Waals surface area contributed by atoms with Crippen molar-refractivity contribution in [3.63, 3.8) is 0 Å². The van der Waals surface area contributed by atoms with Gasteiger partial charge < -0.3 is 10.2 Å². The molecule has 2 aliphatic heterocycles. The lowest BCUT2D eigenvalue weighted by Gasteiger charge is -2.32. The normalized spacial score (nSPS) is 27.1. The van der Waals surface area contributed by atoms with Crippen LogP contribution < -0.4 is 10.2 Å². The number of rotatable bonds is 3. The number of para-hydroxylation sites is 1.